The number of hydrogen-bond acceptors (Lipinski definition) is 5. The molecule has 3 N–H and O–H groups in total. The number of cyclic esters (lactones) is 1. The van der Waals surface area contributed by atoms with E-state index in [2.05, 4.69) is 9.88 Å². The molecule has 1 unspecified atom stereocenters. The van der Waals surface area contributed by atoms with Crippen LogP contribution in [0.3, 0.4) is 0 Å². The molecule has 0 bridgehead atoms. The van der Waals surface area contributed by atoms with Crippen molar-refractivity contribution >= 4 is 17.6 Å². The molecule has 2 heterocycles. The summed E-state index contributed by atoms with van der Waals surface area (Å²) in [5.41, 5.74) is 4.39. The minimum Gasteiger partial charge on any atom is -0.506 e. The van der Waals surface area contributed by atoms with Crippen molar-refractivity contribution in [3.8, 4) is 28.1 Å². The van der Waals surface area contributed by atoms with E-state index in [1.165, 1.54) is 18.2 Å². The number of hydrogen-bond donors (Lipinski definition) is 3. The molecule has 8 heteroatoms. The molecule has 1 saturated heterocycles. The summed E-state index contributed by atoms with van der Waals surface area (Å²) in [7, 11) is 0. The Labute approximate surface area is 238 Å². The number of aromatic nitrogens is 1. The first kappa shape index (κ1) is 28.1. The Hall–Kier alpha value is -4.43. The zero-order chi connectivity index (χ0) is 29.1. The Morgan fingerprint density at radius 1 is 1.02 bits per heavy atom. The molecule has 1 fully saturated rings. The van der Waals surface area contributed by atoms with E-state index in [0.717, 1.165) is 22.5 Å². The number of esters is 1. The number of ether oxygens (including phenoxy) is 1. The molecular weight excluding hydrogens is 523 g/mol. The van der Waals surface area contributed by atoms with E-state index in [0.29, 0.717) is 30.5 Å². The van der Waals surface area contributed by atoms with Gasteiger partial charge in [0.25, 0.3) is 5.91 Å². The smallest absolute Gasteiger partial charge is 0.308 e. The quantitative estimate of drug-likeness (QED) is 0.170. The van der Waals surface area contributed by atoms with Crippen LogP contribution in [0.1, 0.15) is 55.1 Å². The van der Waals surface area contributed by atoms with Crippen LogP contribution in [-0.4, -0.2) is 38.9 Å². The summed E-state index contributed by atoms with van der Waals surface area (Å²) in [5, 5.41) is 23.4. The fourth-order valence-electron chi connectivity index (χ4n) is 5.57. The number of phenolic OH excluding ortho intramolecular Hbond substituents is 1. The second-order valence-electron chi connectivity index (χ2n) is 10.6. The summed E-state index contributed by atoms with van der Waals surface area (Å²) < 4.78 is 21.6. The average Bonchev–Trinajstić information content (AvgIpc) is 3.29. The Morgan fingerprint density at radius 3 is 2.37 bits per heavy atom. The van der Waals surface area contributed by atoms with Gasteiger partial charge in [0.2, 0.25) is 0 Å². The molecule has 2 atom stereocenters. The summed E-state index contributed by atoms with van der Waals surface area (Å²) in [6, 6.07) is 22.2. The maximum atomic E-state index is 14.1. The van der Waals surface area contributed by atoms with Gasteiger partial charge in [0.1, 0.15) is 17.7 Å². The summed E-state index contributed by atoms with van der Waals surface area (Å²) in [4.78, 5) is 26.2. The SMILES string of the molecule is CC(C)c1c(C(=O)Nc2ccccc2O)c(-c2ccccc2)c(-c2ccc(F)cc2)n1CCC1C[C@@H](O)CC(=O)O1. The topological polar surface area (TPSA) is 101 Å². The number of benzene rings is 3. The Bertz CT molecular complexity index is 1550. The predicted octanol–water partition coefficient (Wildman–Crippen LogP) is 6.50. The van der Waals surface area contributed by atoms with Gasteiger partial charge in [-0.25, -0.2) is 4.39 Å². The van der Waals surface area contributed by atoms with Gasteiger partial charge in [-0.1, -0.05) is 56.3 Å². The fourth-order valence-corrected chi connectivity index (χ4v) is 5.57. The summed E-state index contributed by atoms with van der Waals surface area (Å²) >= 11 is 0. The lowest BCUT2D eigenvalue weighted by atomic mass is 9.94. The molecule has 5 rings (SSSR count). The van der Waals surface area contributed by atoms with Gasteiger partial charge in [-0.15, -0.1) is 0 Å². The zero-order valence-electron chi connectivity index (χ0n) is 23.0. The van der Waals surface area contributed by atoms with Crippen LogP contribution in [0.2, 0.25) is 0 Å². The van der Waals surface area contributed by atoms with Gasteiger partial charge in [0.15, 0.2) is 0 Å². The predicted molar refractivity (Wildman–Crippen MR) is 155 cm³/mol. The van der Waals surface area contributed by atoms with Crippen LogP contribution in [0.4, 0.5) is 10.1 Å². The standard InChI is InChI=1S/C33H33FN2O5/c1-20(2)31-30(33(40)35-26-10-6-7-11-27(26)38)29(21-8-4-3-5-9-21)32(22-12-14-23(34)15-13-22)36(31)17-16-25-18-24(37)19-28(39)41-25/h3-15,20,24-25,37-38H,16-19H2,1-2H3,(H,35,40)/t24-,25?/m1/s1. The number of para-hydroxylation sites is 2. The second kappa shape index (κ2) is 12.0. The van der Waals surface area contributed by atoms with Crippen LogP contribution < -0.4 is 5.32 Å². The monoisotopic (exact) mass is 556 g/mol. The van der Waals surface area contributed by atoms with E-state index in [1.54, 1.807) is 30.3 Å². The molecule has 4 aromatic rings. The number of aromatic hydroxyl groups is 1. The van der Waals surface area contributed by atoms with Gasteiger partial charge >= 0.3 is 5.97 Å². The number of carbonyl (C=O) groups is 2. The maximum absolute atomic E-state index is 14.1. The number of anilines is 1. The van der Waals surface area contributed by atoms with Gasteiger partial charge in [0, 0.05) is 30.6 Å². The minimum atomic E-state index is -0.758. The molecule has 0 saturated carbocycles. The number of carbonyl (C=O) groups excluding carboxylic acids is 2. The molecule has 0 spiro atoms. The van der Waals surface area contributed by atoms with Crippen molar-refractivity contribution in [1.82, 2.24) is 4.57 Å². The number of aliphatic hydroxyl groups excluding tert-OH is 1. The van der Waals surface area contributed by atoms with Crippen molar-refractivity contribution in [2.24, 2.45) is 0 Å². The molecule has 3 aromatic carbocycles. The van der Waals surface area contributed by atoms with Crippen molar-refractivity contribution < 1.29 is 28.9 Å². The zero-order valence-corrected chi connectivity index (χ0v) is 23.0. The van der Waals surface area contributed by atoms with Crippen molar-refractivity contribution in [2.45, 2.75) is 57.8 Å². The molecular formula is C33H33FN2O5. The molecule has 212 valence electrons. The first-order valence-electron chi connectivity index (χ1n) is 13.8. The summed E-state index contributed by atoms with van der Waals surface area (Å²) in [6.07, 6.45) is -0.505. The van der Waals surface area contributed by atoms with Crippen LogP contribution >= 0.6 is 0 Å². The number of halogens is 1. The molecule has 1 aliphatic heterocycles. The highest BCUT2D eigenvalue weighted by Gasteiger charge is 2.32. The number of nitrogens with one attached hydrogen (secondary N) is 1. The van der Waals surface area contributed by atoms with Crippen LogP contribution in [0.5, 0.6) is 5.75 Å². The third kappa shape index (κ3) is 6.02. The number of amides is 1. The van der Waals surface area contributed by atoms with Crippen molar-refractivity contribution in [1.29, 1.82) is 0 Å². The van der Waals surface area contributed by atoms with E-state index in [4.69, 9.17) is 4.74 Å². The molecule has 0 radical (unpaired) electrons. The summed E-state index contributed by atoms with van der Waals surface area (Å²) in [6.45, 7) is 4.38. The number of phenols is 1. The van der Waals surface area contributed by atoms with Gasteiger partial charge in [0.05, 0.1) is 29.5 Å². The highest BCUT2D eigenvalue weighted by molar-refractivity contribution is 6.13. The van der Waals surface area contributed by atoms with Gasteiger partial charge in [-0.2, -0.15) is 0 Å². The van der Waals surface area contributed by atoms with Crippen LogP contribution in [0, 0.1) is 5.82 Å². The molecule has 1 amide bonds. The van der Waals surface area contributed by atoms with Crippen LogP contribution in [0.15, 0.2) is 78.9 Å². The van der Waals surface area contributed by atoms with Crippen molar-refractivity contribution in [3.05, 3.63) is 95.9 Å². The lowest BCUT2D eigenvalue weighted by Gasteiger charge is -2.27. The van der Waals surface area contributed by atoms with Crippen LogP contribution in [-0.2, 0) is 16.1 Å². The van der Waals surface area contributed by atoms with E-state index in [-0.39, 0.29) is 29.6 Å². The largest absolute Gasteiger partial charge is 0.506 e. The number of nitrogens with zero attached hydrogens (tertiary/aromatic N) is 1. The number of rotatable bonds is 8. The Balaban J connectivity index is 1.72. The van der Waals surface area contributed by atoms with E-state index < -0.39 is 24.1 Å². The lowest BCUT2D eigenvalue weighted by Crippen LogP contribution is -2.33. The molecule has 1 aromatic heterocycles. The highest BCUT2D eigenvalue weighted by Crippen LogP contribution is 2.43. The fraction of sp³-hybridized carbons (Fsp3) is 0.273. The first-order valence-corrected chi connectivity index (χ1v) is 13.8. The molecule has 0 aliphatic carbocycles. The van der Waals surface area contributed by atoms with Gasteiger partial charge < -0.3 is 24.8 Å². The second-order valence-corrected chi connectivity index (χ2v) is 10.6. The van der Waals surface area contributed by atoms with Crippen molar-refractivity contribution in [3.63, 3.8) is 0 Å². The van der Waals surface area contributed by atoms with E-state index >= 15 is 0 Å². The molecule has 1 aliphatic rings. The maximum Gasteiger partial charge on any atom is 0.308 e. The highest BCUT2D eigenvalue weighted by atomic mass is 19.1. The third-order valence-corrected chi connectivity index (χ3v) is 7.32. The lowest BCUT2D eigenvalue weighted by molar-refractivity contribution is -0.160. The summed E-state index contributed by atoms with van der Waals surface area (Å²) in [5.74, 6) is -1.37. The van der Waals surface area contributed by atoms with Gasteiger partial charge in [-0.3, -0.25) is 9.59 Å². The normalized spacial score (nSPS) is 17.0. The minimum absolute atomic E-state index is 0.0209. The molecule has 41 heavy (non-hydrogen) atoms. The van der Waals surface area contributed by atoms with Crippen LogP contribution in [0.25, 0.3) is 22.4 Å². The Morgan fingerprint density at radius 2 is 1.71 bits per heavy atom. The van der Waals surface area contributed by atoms with Crippen molar-refractivity contribution in [2.75, 3.05) is 5.32 Å². The van der Waals surface area contributed by atoms with Gasteiger partial charge in [-0.05, 0) is 53.4 Å². The third-order valence-electron chi connectivity index (χ3n) is 7.32. The Kier molecular flexibility index (Phi) is 8.21. The average molecular weight is 557 g/mol. The van der Waals surface area contributed by atoms with E-state index in [1.807, 2.05) is 44.2 Å². The van der Waals surface area contributed by atoms with E-state index in [9.17, 15) is 24.2 Å². The first-order chi connectivity index (χ1) is 19.7. The number of aliphatic hydroxyl groups is 1. The molecule has 7 nitrogen and oxygen atoms in total.